The first kappa shape index (κ1) is 14.5. The van der Waals surface area contributed by atoms with Gasteiger partial charge in [0.25, 0.3) is 0 Å². The molecule has 1 aromatic heterocycles. The third kappa shape index (κ3) is 2.54. The Kier molecular flexibility index (Phi) is 4.18. The standard InChI is InChI=1S/C16H27N3S/c1-13(2)18-8-5-16(12-17,6-9-18)19-7-3-15-14(11-19)4-10-20-15/h4,10,13H,3,5-9,11-12,17H2,1-2H3. The summed E-state index contributed by atoms with van der Waals surface area (Å²) in [5.41, 5.74) is 8.01. The molecule has 0 saturated carbocycles. The fourth-order valence-corrected chi connectivity index (χ4v) is 4.65. The Morgan fingerprint density at radius 3 is 2.70 bits per heavy atom. The van der Waals surface area contributed by atoms with Crippen molar-refractivity contribution in [2.24, 2.45) is 5.73 Å². The Balaban J connectivity index is 1.71. The summed E-state index contributed by atoms with van der Waals surface area (Å²) in [7, 11) is 0. The zero-order valence-corrected chi connectivity index (χ0v) is 13.6. The summed E-state index contributed by atoms with van der Waals surface area (Å²) in [5, 5.41) is 2.24. The predicted octanol–water partition coefficient (Wildman–Crippen LogP) is 2.31. The van der Waals surface area contributed by atoms with Crippen LogP contribution in [-0.4, -0.2) is 47.6 Å². The van der Waals surface area contributed by atoms with E-state index in [1.165, 1.54) is 38.9 Å². The average Bonchev–Trinajstić information content (AvgIpc) is 2.94. The lowest BCUT2D eigenvalue weighted by molar-refractivity contribution is 0.00948. The van der Waals surface area contributed by atoms with Crippen LogP contribution in [0.5, 0.6) is 0 Å². The fourth-order valence-electron chi connectivity index (χ4n) is 3.76. The van der Waals surface area contributed by atoms with Crippen molar-refractivity contribution in [3.63, 3.8) is 0 Å². The molecule has 1 saturated heterocycles. The van der Waals surface area contributed by atoms with E-state index in [-0.39, 0.29) is 5.54 Å². The van der Waals surface area contributed by atoms with E-state index in [1.54, 1.807) is 10.4 Å². The Labute approximate surface area is 126 Å². The average molecular weight is 293 g/mol. The Morgan fingerprint density at radius 2 is 2.05 bits per heavy atom. The molecule has 0 atom stereocenters. The first-order chi connectivity index (χ1) is 9.64. The van der Waals surface area contributed by atoms with Gasteiger partial charge >= 0.3 is 0 Å². The van der Waals surface area contributed by atoms with Crippen LogP contribution in [0.15, 0.2) is 11.4 Å². The number of likely N-dealkylation sites (tertiary alicyclic amines) is 1. The van der Waals surface area contributed by atoms with Gasteiger partial charge in [-0.2, -0.15) is 0 Å². The molecule has 112 valence electrons. The van der Waals surface area contributed by atoms with Crippen LogP contribution in [0.1, 0.15) is 37.1 Å². The van der Waals surface area contributed by atoms with Gasteiger partial charge in [-0.25, -0.2) is 0 Å². The number of nitrogens with zero attached hydrogens (tertiary/aromatic N) is 2. The van der Waals surface area contributed by atoms with E-state index in [1.807, 2.05) is 11.3 Å². The molecule has 1 aromatic rings. The summed E-state index contributed by atoms with van der Waals surface area (Å²) in [5.74, 6) is 0. The van der Waals surface area contributed by atoms with E-state index >= 15 is 0 Å². The van der Waals surface area contributed by atoms with Gasteiger partial charge in [0.1, 0.15) is 0 Å². The number of nitrogens with two attached hydrogens (primary N) is 1. The maximum Gasteiger partial charge on any atom is 0.0359 e. The Bertz CT molecular complexity index is 446. The molecule has 3 nitrogen and oxygen atoms in total. The molecule has 0 bridgehead atoms. The monoisotopic (exact) mass is 293 g/mol. The Hall–Kier alpha value is -0.420. The lowest BCUT2D eigenvalue weighted by Gasteiger charge is -2.50. The first-order valence-corrected chi connectivity index (χ1v) is 8.77. The summed E-state index contributed by atoms with van der Waals surface area (Å²) >= 11 is 1.92. The van der Waals surface area contributed by atoms with Crippen LogP contribution in [-0.2, 0) is 13.0 Å². The van der Waals surface area contributed by atoms with Crippen LogP contribution >= 0.6 is 11.3 Å². The molecule has 1 fully saturated rings. The smallest absolute Gasteiger partial charge is 0.0359 e. The zero-order chi connectivity index (χ0) is 14.2. The molecule has 2 aliphatic rings. The Morgan fingerprint density at radius 1 is 1.30 bits per heavy atom. The van der Waals surface area contributed by atoms with Crippen molar-refractivity contribution in [2.75, 3.05) is 26.2 Å². The minimum Gasteiger partial charge on any atom is -0.329 e. The molecule has 3 rings (SSSR count). The highest BCUT2D eigenvalue weighted by Gasteiger charge is 2.40. The van der Waals surface area contributed by atoms with Crippen LogP contribution in [0.2, 0.25) is 0 Å². The summed E-state index contributed by atoms with van der Waals surface area (Å²) < 4.78 is 0. The highest BCUT2D eigenvalue weighted by atomic mass is 32.1. The summed E-state index contributed by atoms with van der Waals surface area (Å²) in [4.78, 5) is 6.86. The van der Waals surface area contributed by atoms with Gasteiger partial charge in [0, 0.05) is 49.2 Å². The van der Waals surface area contributed by atoms with Gasteiger partial charge in [0.2, 0.25) is 0 Å². The molecular formula is C16H27N3S. The van der Waals surface area contributed by atoms with Crippen LogP contribution in [0.3, 0.4) is 0 Å². The second kappa shape index (κ2) is 5.76. The fraction of sp³-hybridized carbons (Fsp3) is 0.750. The maximum absolute atomic E-state index is 6.23. The van der Waals surface area contributed by atoms with E-state index < -0.39 is 0 Å². The van der Waals surface area contributed by atoms with Gasteiger partial charge in [0.05, 0.1) is 0 Å². The molecule has 0 radical (unpaired) electrons. The van der Waals surface area contributed by atoms with Crippen molar-refractivity contribution in [3.8, 4) is 0 Å². The number of fused-ring (bicyclic) bond motifs is 1. The number of piperidine rings is 1. The van der Waals surface area contributed by atoms with Crippen LogP contribution in [0.4, 0.5) is 0 Å². The largest absolute Gasteiger partial charge is 0.329 e. The van der Waals surface area contributed by atoms with E-state index in [4.69, 9.17) is 5.73 Å². The van der Waals surface area contributed by atoms with Crippen LogP contribution in [0, 0.1) is 0 Å². The predicted molar refractivity (Wildman–Crippen MR) is 86.2 cm³/mol. The topological polar surface area (TPSA) is 32.5 Å². The molecule has 2 aliphatic heterocycles. The molecular weight excluding hydrogens is 266 g/mol. The van der Waals surface area contributed by atoms with E-state index in [2.05, 4.69) is 35.1 Å². The SMILES string of the molecule is CC(C)N1CCC(CN)(N2CCc3sccc3C2)CC1. The highest BCUT2D eigenvalue weighted by Crippen LogP contribution is 2.34. The number of hydrogen-bond acceptors (Lipinski definition) is 4. The van der Waals surface area contributed by atoms with Crippen molar-refractivity contribution in [3.05, 3.63) is 21.9 Å². The summed E-state index contributed by atoms with van der Waals surface area (Å²) in [6, 6.07) is 2.97. The van der Waals surface area contributed by atoms with Gasteiger partial charge in [-0.15, -0.1) is 11.3 Å². The molecule has 3 heterocycles. The minimum atomic E-state index is 0.241. The van der Waals surface area contributed by atoms with Crippen molar-refractivity contribution >= 4 is 11.3 Å². The van der Waals surface area contributed by atoms with Crippen molar-refractivity contribution in [2.45, 2.75) is 51.2 Å². The van der Waals surface area contributed by atoms with Gasteiger partial charge < -0.3 is 10.6 Å². The number of rotatable bonds is 3. The third-order valence-electron chi connectivity index (χ3n) is 5.32. The lowest BCUT2D eigenvalue weighted by Crippen LogP contribution is -2.60. The van der Waals surface area contributed by atoms with E-state index in [0.29, 0.717) is 6.04 Å². The molecule has 0 amide bonds. The second-order valence-corrected chi connectivity index (χ2v) is 7.60. The van der Waals surface area contributed by atoms with Gasteiger partial charge in [-0.1, -0.05) is 0 Å². The van der Waals surface area contributed by atoms with E-state index in [9.17, 15) is 0 Å². The molecule has 0 spiro atoms. The normalized spacial score (nSPS) is 24.0. The highest BCUT2D eigenvalue weighted by molar-refractivity contribution is 7.10. The van der Waals surface area contributed by atoms with Crippen molar-refractivity contribution in [1.29, 1.82) is 0 Å². The summed E-state index contributed by atoms with van der Waals surface area (Å²) in [6.45, 7) is 10.1. The molecule has 0 unspecified atom stereocenters. The molecule has 0 aliphatic carbocycles. The summed E-state index contributed by atoms with van der Waals surface area (Å²) in [6.07, 6.45) is 3.66. The quantitative estimate of drug-likeness (QED) is 0.928. The molecule has 0 aromatic carbocycles. The van der Waals surface area contributed by atoms with E-state index in [0.717, 1.165) is 13.1 Å². The third-order valence-corrected chi connectivity index (χ3v) is 6.34. The van der Waals surface area contributed by atoms with Crippen molar-refractivity contribution < 1.29 is 0 Å². The molecule has 4 heteroatoms. The van der Waals surface area contributed by atoms with Crippen molar-refractivity contribution in [1.82, 2.24) is 9.80 Å². The minimum absolute atomic E-state index is 0.241. The molecule has 2 N–H and O–H groups in total. The number of thiophene rings is 1. The lowest BCUT2D eigenvalue weighted by atomic mass is 9.83. The van der Waals surface area contributed by atoms with Crippen LogP contribution < -0.4 is 5.73 Å². The van der Waals surface area contributed by atoms with Gasteiger partial charge in [0.15, 0.2) is 0 Å². The van der Waals surface area contributed by atoms with Gasteiger partial charge in [-0.3, -0.25) is 4.90 Å². The first-order valence-electron chi connectivity index (χ1n) is 7.89. The zero-order valence-electron chi connectivity index (χ0n) is 12.8. The van der Waals surface area contributed by atoms with Gasteiger partial charge in [-0.05, 0) is 50.1 Å². The van der Waals surface area contributed by atoms with Crippen LogP contribution in [0.25, 0.3) is 0 Å². The second-order valence-electron chi connectivity index (χ2n) is 6.60. The maximum atomic E-state index is 6.23. The molecule has 20 heavy (non-hydrogen) atoms. The number of hydrogen-bond donors (Lipinski definition) is 1.